The van der Waals surface area contributed by atoms with Gasteiger partial charge in [0.1, 0.15) is 12.4 Å². The Morgan fingerprint density at radius 3 is 2.30 bits per heavy atom. The molecule has 0 aromatic heterocycles. The molecule has 3 aromatic rings. The maximum Gasteiger partial charge on any atom is 0.338 e. The summed E-state index contributed by atoms with van der Waals surface area (Å²) in [6.07, 6.45) is 0.429. The number of aryl methyl sites for hydroxylation is 1. The third kappa shape index (κ3) is 6.36. The molecule has 174 valence electrons. The smallest absolute Gasteiger partial charge is 0.338 e. The molecule has 0 fully saturated rings. The molecule has 0 bridgehead atoms. The summed E-state index contributed by atoms with van der Waals surface area (Å²) in [5.41, 5.74) is 2.18. The fourth-order valence-electron chi connectivity index (χ4n) is 3.06. The minimum Gasteiger partial charge on any atom is -0.489 e. The van der Waals surface area contributed by atoms with E-state index in [0.29, 0.717) is 23.3 Å². The van der Waals surface area contributed by atoms with Crippen molar-refractivity contribution in [1.29, 1.82) is 0 Å². The van der Waals surface area contributed by atoms with E-state index >= 15 is 0 Å². The highest BCUT2D eigenvalue weighted by atomic mass is 32.2. The number of esters is 1. The Kier molecular flexibility index (Phi) is 7.78. The lowest BCUT2D eigenvalue weighted by Crippen LogP contribution is -2.26. The van der Waals surface area contributed by atoms with Crippen molar-refractivity contribution >= 4 is 16.0 Å². The fourth-order valence-corrected chi connectivity index (χ4v) is 4.12. The quantitative estimate of drug-likeness (QED) is 0.470. The van der Waals surface area contributed by atoms with E-state index in [-0.39, 0.29) is 23.6 Å². The largest absolute Gasteiger partial charge is 0.489 e. The lowest BCUT2D eigenvalue weighted by atomic mass is 10.1. The zero-order valence-corrected chi connectivity index (χ0v) is 18.9. The Labute approximate surface area is 191 Å². The number of benzene rings is 3. The van der Waals surface area contributed by atoms with Crippen LogP contribution in [0.25, 0.3) is 0 Å². The van der Waals surface area contributed by atoms with Crippen molar-refractivity contribution in [3.8, 4) is 5.75 Å². The van der Waals surface area contributed by atoms with Gasteiger partial charge in [-0.05, 0) is 66.4 Å². The van der Waals surface area contributed by atoms with Gasteiger partial charge in [-0.2, -0.15) is 0 Å². The van der Waals surface area contributed by atoms with Gasteiger partial charge >= 0.3 is 5.97 Å². The Morgan fingerprint density at radius 1 is 0.939 bits per heavy atom. The fraction of sp³-hybridized carbons (Fsp3) is 0.208. The lowest BCUT2D eigenvalue weighted by molar-refractivity contribution is 0.0599. The maximum atomic E-state index is 13.3. The second-order valence-corrected chi connectivity index (χ2v) is 9.06. The number of hydrogen-bond donors (Lipinski definition) is 1. The van der Waals surface area contributed by atoms with Crippen molar-refractivity contribution in [2.45, 2.75) is 24.8 Å². The summed E-state index contributed by atoms with van der Waals surface area (Å²) < 4.78 is 64.2. The van der Waals surface area contributed by atoms with Crippen LogP contribution in [-0.2, 0) is 27.8 Å². The molecule has 0 atom stereocenters. The number of rotatable bonds is 9. The topological polar surface area (TPSA) is 81.7 Å². The minimum absolute atomic E-state index is 0.0190. The molecule has 0 unspecified atom stereocenters. The summed E-state index contributed by atoms with van der Waals surface area (Å²) in [4.78, 5) is 11.8. The first-order valence-electron chi connectivity index (χ1n) is 10.0. The van der Waals surface area contributed by atoms with E-state index in [0.717, 1.165) is 17.7 Å². The molecule has 0 saturated heterocycles. The maximum absolute atomic E-state index is 13.3. The van der Waals surface area contributed by atoms with Crippen molar-refractivity contribution in [1.82, 2.24) is 4.72 Å². The number of hydrogen-bond acceptors (Lipinski definition) is 5. The Hall–Kier alpha value is -3.30. The average molecular weight is 476 g/mol. The molecule has 0 aliphatic carbocycles. The summed E-state index contributed by atoms with van der Waals surface area (Å²) >= 11 is 0. The standard InChI is InChI=1S/C24H23F2NO5S/c1-16-3-9-20(14-21(16)24(28)31-2)33(29,30)27-12-11-17-4-7-19(8-5-17)32-15-18-6-10-22(25)23(26)13-18/h3-10,13-14,27H,11-12,15H2,1-2H3. The predicted octanol–water partition coefficient (Wildman–Crippen LogP) is 4.16. The second kappa shape index (κ2) is 10.5. The average Bonchev–Trinajstić information content (AvgIpc) is 2.80. The van der Waals surface area contributed by atoms with Crippen LogP contribution in [0.15, 0.2) is 65.6 Å². The number of methoxy groups -OCH3 is 1. The van der Waals surface area contributed by atoms with Crippen molar-refractivity contribution < 1.29 is 31.5 Å². The number of carbonyl (C=O) groups excluding carboxylic acids is 1. The Balaban J connectivity index is 1.55. The van der Waals surface area contributed by atoms with Gasteiger partial charge in [-0.3, -0.25) is 0 Å². The zero-order valence-electron chi connectivity index (χ0n) is 18.1. The molecule has 0 saturated carbocycles. The van der Waals surface area contributed by atoms with E-state index < -0.39 is 27.6 Å². The minimum atomic E-state index is -3.81. The molecule has 0 spiro atoms. The number of carbonyl (C=O) groups is 1. The Bertz CT molecular complexity index is 1240. The van der Waals surface area contributed by atoms with Crippen LogP contribution in [0, 0.1) is 18.6 Å². The van der Waals surface area contributed by atoms with Crippen LogP contribution in [0.2, 0.25) is 0 Å². The lowest BCUT2D eigenvalue weighted by Gasteiger charge is -2.10. The van der Waals surface area contributed by atoms with Crippen molar-refractivity contribution in [3.63, 3.8) is 0 Å². The first-order chi connectivity index (χ1) is 15.7. The number of ether oxygens (including phenoxy) is 2. The SMILES string of the molecule is COC(=O)c1cc(S(=O)(=O)NCCc2ccc(OCc3ccc(F)c(F)c3)cc2)ccc1C. The molecule has 33 heavy (non-hydrogen) atoms. The summed E-state index contributed by atoms with van der Waals surface area (Å²) in [5.74, 6) is -1.90. The molecular weight excluding hydrogens is 452 g/mol. The highest BCUT2D eigenvalue weighted by molar-refractivity contribution is 7.89. The van der Waals surface area contributed by atoms with Crippen molar-refractivity contribution in [2.24, 2.45) is 0 Å². The van der Waals surface area contributed by atoms with Crippen LogP contribution in [0.3, 0.4) is 0 Å². The second-order valence-electron chi connectivity index (χ2n) is 7.30. The molecule has 0 aliphatic heterocycles. The monoisotopic (exact) mass is 475 g/mol. The van der Waals surface area contributed by atoms with Crippen LogP contribution in [0.4, 0.5) is 8.78 Å². The summed E-state index contributed by atoms with van der Waals surface area (Å²) in [7, 11) is -2.57. The molecule has 3 aromatic carbocycles. The van der Waals surface area contributed by atoms with Gasteiger partial charge in [-0.15, -0.1) is 0 Å². The van der Waals surface area contributed by atoms with Crippen LogP contribution in [0.5, 0.6) is 5.75 Å². The molecule has 0 radical (unpaired) electrons. The van der Waals surface area contributed by atoms with E-state index in [1.165, 1.54) is 25.3 Å². The predicted molar refractivity (Wildman–Crippen MR) is 119 cm³/mol. The van der Waals surface area contributed by atoms with Gasteiger partial charge in [0.15, 0.2) is 11.6 Å². The number of sulfonamides is 1. The van der Waals surface area contributed by atoms with Gasteiger partial charge in [-0.25, -0.2) is 26.7 Å². The molecule has 9 heteroatoms. The molecule has 3 rings (SSSR count). The van der Waals surface area contributed by atoms with E-state index in [9.17, 15) is 22.0 Å². The summed E-state index contributed by atoms with van der Waals surface area (Å²) in [6, 6.07) is 14.9. The molecule has 0 aliphatic rings. The van der Waals surface area contributed by atoms with E-state index in [1.807, 2.05) is 0 Å². The molecule has 1 N–H and O–H groups in total. The van der Waals surface area contributed by atoms with Gasteiger partial charge < -0.3 is 9.47 Å². The van der Waals surface area contributed by atoms with Crippen LogP contribution >= 0.6 is 0 Å². The van der Waals surface area contributed by atoms with Crippen LogP contribution < -0.4 is 9.46 Å². The van der Waals surface area contributed by atoms with Crippen LogP contribution in [0.1, 0.15) is 27.0 Å². The van der Waals surface area contributed by atoms with E-state index in [1.54, 1.807) is 37.3 Å². The van der Waals surface area contributed by atoms with Gasteiger partial charge in [0, 0.05) is 6.54 Å². The highest BCUT2D eigenvalue weighted by Crippen LogP contribution is 2.18. The number of halogens is 2. The Morgan fingerprint density at radius 2 is 1.64 bits per heavy atom. The van der Waals surface area contributed by atoms with Crippen molar-refractivity contribution in [3.05, 3.63) is 94.6 Å². The zero-order chi connectivity index (χ0) is 24.0. The van der Waals surface area contributed by atoms with Gasteiger partial charge in [0.2, 0.25) is 10.0 Å². The third-order valence-electron chi connectivity index (χ3n) is 4.94. The first-order valence-corrected chi connectivity index (χ1v) is 11.5. The van der Waals surface area contributed by atoms with Gasteiger partial charge in [0.25, 0.3) is 0 Å². The van der Waals surface area contributed by atoms with E-state index in [2.05, 4.69) is 9.46 Å². The molecular formula is C24H23F2NO5S. The summed E-state index contributed by atoms with van der Waals surface area (Å²) in [5, 5.41) is 0. The van der Waals surface area contributed by atoms with E-state index in [4.69, 9.17) is 4.74 Å². The van der Waals surface area contributed by atoms with Gasteiger partial charge in [-0.1, -0.05) is 24.3 Å². The molecule has 0 heterocycles. The molecule has 6 nitrogen and oxygen atoms in total. The van der Waals surface area contributed by atoms with Gasteiger partial charge in [0.05, 0.1) is 17.6 Å². The number of nitrogens with one attached hydrogen (secondary N) is 1. The first kappa shape index (κ1) is 24.3. The molecule has 0 amide bonds. The van der Waals surface area contributed by atoms with Crippen molar-refractivity contribution in [2.75, 3.05) is 13.7 Å². The summed E-state index contributed by atoms with van der Waals surface area (Å²) in [6.45, 7) is 1.93. The third-order valence-corrected chi connectivity index (χ3v) is 6.40. The van der Waals surface area contributed by atoms with Crippen LogP contribution in [-0.4, -0.2) is 28.0 Å². The normalized spacial score (nSPS) is 11.3. The highest BCUT2D eigenvalue weighted by Gasteiger charge is 2.18.